The quantitative estimate of drug-likeness (QED) is 0.392. The van der Waals surface area contributed by atoms with Crippen molar-refractivity contribution in [2.24, 2.45) is 0 Å². The van der Waals surface area contributed by atoms with Crippen molar-refractivity contribution in [2.45, 2.75) is 12.3 Å². The minimum Gasteiger partial charge on any atom is -0.497 e. The van der Waals surface area contributed by atoms with Crippen LogP contribution in [0.25, 0.3) is 22.6 Å². The summed E-state index contributed by atoms with van der Waals surface area (Å²) in [6.45, 7) is 0. The number of carboxylic acids is 1. The van der Waals surface area contributed by atoms with Gasteiger partial charge < -0.3 is 20.3 Å². The van der Waals surface area contributed by atoms with Gasteiger partial charge >= 0.3 is 5.97 Å². The van der Waals surface area contributed by atoms with E-state index in [1.54, 1.807) is 18.2 Å². The molecule has 7 nitrogen and oxygen atoms in total. The Bertz CT molecular complexity index is 1290. The van der Waals surface area contributed by atoms with Gasteiger partial charge in [-0.25, -0.2) is 9.97 Å². The molecule has 172 valence electrons. The Morgan fingerprint density at radius 2 is 1.56 bits per heavy atom. The molecule has 1 aromatic heterocycles. The number of nitrogens with two attached hydrogens (primary N) is 1. The van der Waals surface area contributed by atoms with Gasteiger partial charge in [0.15, 0.2) is 5.82 Å². The van der Waals surface area contributed by atoms with Gasteiger partial charge in [0.05, 0.1) is 25.8 Å². The number of methoxy groups -OCH3 is 2. The van der Waals surface area contributed by atoms with Crippen molar-refractivity contribution in [2.75, 3.05) is 20.0 Å². The van der Waals surface area contributed by atoms with Gasteiger partial charge in [0.25, 0.3) is 0 Å². The van der Waals surface area contributed by atoms with E-state index in [1.165, 1.54) is 14.2 Å². The summed E-state index contributed by atoms with van der Waals surface area (Å²) in [6, 6.07) is 24.2. The average molecular weight is 456 g/mol. The predicted molar refractivity (Wildman–Crippen MR) is 131 cm³/mol. The highest BCUT2D eigenvalue weighted by Gasteiger charge is 2.28. The lowest BCUT2D eigenvalue weighted by Crippen LogP contribution is -2.18. The molecule has 0 amide bonds. The Hall–Kier alpha value is -4.39. The number of aromatic nitrogens is 2. The maximum absolute atomic E-state index is 12.4. The van der Waals surface area contributed by atoms with Crippen LogP contribution in [0.2, 0.25) is 0 Å². The van der Waals surface area contributed by atoms with Crippen LogP contribution < -0.4 is 15.2 Å². The summed E-state index contributed by atoms with van der Waals surface area (Å²) >= 11 is 0. The summed E-state index contributed by atoms with van der Waals surface area (Å²) in [4.78, 5) is 21.8. The van der Waals surface area contributed by atoms with Gasteiger partial charge in [0.2, 0.25) is 0 Å². The fourth-order valence-corrected chi connectivity index (χ4v) is 3.90. The Morgan fingerprint density at radius 3 is 2.15 bits per heavy atom. The van der Waals surface area contributed by atoms with Crippen molar-refractivity contribution in [1.82, 2.24) is 9.97 Å². The number of hydrogen-bond donors (Lipinski definition) is 2. The van der Waals surface area contributed by atoms with Gasteiger partial charge in [-0.3, -0.25) is 4.79 Å². The molecule has 0 aliphatic heterocycles. The number of benzene rings is 3. The number of aliphatic carboxylic acids is 1. The summed E-state index contributed by atoms with van der Waals surface area (Å²) in [6.07, 6.45) is 0.0734. The first-order valence-electron chi connectivity index (χ1n) is 10.7. The number of anilines is 1. The lowest BCUT2D eigenvalue weighted by atomic mass is 9.89. The molecule has 0 aliphatic carbocycles. The maximum atomic E-state index is 12.4. The minimum absolute atomic E-state index is 0.0734. The average Bonchev–Trinajstić information content (AvgIpc) is 2.88. The van der Waals surface area contributed by atoms with Gasteiger partial charge in [-0.15, -0.1) is 0 Å². The highest BCUT2D eigenvalue weighted by atomic mass is 16.5. The van der Waals surface area contributed by atoms with Crippen molar-refractivity contribution >= 4 is 11.8 Å². The van der Waals surface area contributed by atoms with Crippen LogP contribution >= 0.6 is 0 Å². The zero-order valence-corrected chi connectivity index (χ0v) is 18.9. The third kappa shape index (κ3) is 4.68. The number of nitrogen functional groups attached to an aromatic ring is 1. The molecule has 34 heavy (non-hydrogen) atoms. The normalized spacial score (nSPS) is 11.6. The first kappa shape index (κ1) is 22.8. The fraction of sp³-hybridized carbons (Fsp3) is 0.148. The highest BCUT2D eigenvalue weighted by Crippen LogP contribution is 2.37. The monoisotopic (exact) mass is 455 g/mol. The van der Waals surface area contributed by atoms with Crippen LogP contribution in [0.1, 0.15) is 17.0 Å². The molecule has 1 unspecified atom stereocenters. The van der Waals surface area contributed by atoms with Gasteiger partial charge in [0, 0.05) is 22.3 Å². The molecular formula is C27H25N3O4. The third-order valence-electron chi connectivity index (χ3n) is 5.64. The second-order valence-electron chi connectivity index (χ2n) is 7.69. The standard InChI is InChI=1S/C27H25N3O4/c1-33-19-13-14-23(34-2)20(15-19)21(27(31)32)16-22-24(17-9-5-3-6-10-17)29-26(30-25(22)28)18-11-7-4-8-12-18/h3-15,21H,16H2,1-2H3,(H,31,32)(H2,28,29,30). The van der Waals surface area contributed by atoms with Gasteiger partial charge in [0.1, 0.15) is 17.3 Å². The Kier molecular flexibility index (Phi) is 6.73. The molecule has 0 aliphatic rings. The van der Waals surface area contributed by atoms with Gasteiger partial charge in [-0.05, 0) is 24.6 Å². The van der Waals surface area contributed by atoms with Crippen LogP contribution in [0.15, 0.2) is 78.9 Å². The summed E-state index contributed by atoms with van der Waals surface area (Å²) in [5, 5.41) is 10.2. The van der Waals surface area contributed by atoms with Crippen LogP contribution in [0, 0.1) is 0 Å². The molecule has 0 bridgehead atoms. The molecule has 4 aromatic rings. The fourth-order valence-electron chi connectivity index (χ4n) is 3.90. The molecule has 1 heterocycles. The maximum Gasteiger partial charge on any atom is 0.311 e. The van der Waals surface area contributed by atoms with Crippen molar-refractivity contribution in [3.8, 4) is 34.1 Å². The molecule has 0 saturated heterocycles. The second kappa shape index (κ2) is 10.0. The first-order chi connectivity index (χ1) is 16.5. The molecule has 3 aromatic carbocycles. The number of carbonyl (C=O) groups is 1. The number of nitrogens with zero attached hydrogens (tertiary/aromatic N) is 2. The van der Waals surface area contributed by atoms with E-state index in [0.717, 1.165) is 11.1 Å². The largest absolute Gasteiger partial charge is 0.497 e. The lowest BCUT2D eigenvalue weighted by molar-refractivity contribution is -0.138. The number of hydrogen-bond acceptors (Lipinski definition) is 6. The van der Waals surface area contributed by atoms with Crippen LogP contribution in [0.5, 0.6) is 11.5 Å². The van der Waals surface area contributed by atoms with Crippen molar-refractivity contribution in [1.29, 1.82) is 0 Å². The van der Waals surface area contributed by atoms with Crippen LogP contribution in [-0.2, 0) is 11.2 Å². The molecule has 1 atom stereocenters. The van der Waals surface area contributed by atoms with Crippen LogP contribution in [-0.4, -0.2) is 35.3 Å². The van der Waals surface area contributed by atoms with Gasteiger partial charge in [-0.2, -0.15) is 0 Å². The van der Waals surface area contributed by atoms with Crippen LogP contribution in [0.4, 0.5) is 5.82 Å². The van der Waals surface area contributed by atoms with Crippen molar-refractivity contribution < 1.29 is 19.4 Å². The molecule has 0 saturated carbocycles. The van der Waals surface area contributed by atoms with E-state index in [1.807, 2.05) is 60.7 Å². The molecule has 0 fully saturated rings. The Balaban J connectivity index is 1.87. The number of ether oxygens (including phenoxy) is 2. The second-order valence-corrected chi connectivity index (χ2v) is 7.69. The molecule has 0 radical (unpaired) electrons. The SMILES string of the molecule is COc1ccc(OC)c(C(Cc2c(N)nc(-c3ccccc3)nc2-c2ccccc2)C(=O)O)c1. The van der Waals surface area contributed by atoms with Crippen molar-refractivity contribution in [3.05, 3.63) is 90.0 Å². The molecule has 0 spiro atoms. The summed E-state index contributed by atoms with van der Waals surface area (Å²) < 4.78 is 10.8. The Labute approximate surface area is 197 Å². The number of carboxylic acid groups (broad SMARTS) is 1. The van der Waals surface area contributed by atoms with Crippen LogP contribution in [0.3, 0.4) is 0 Å². The smallest absolute Gasteiger partial charge is 0.311 e. The summed E-state index contributed by atoms with van der Waals surface area (Å²) in [7, 11) is 3.04. The Morgan fingerprint density at radius 1 is 0.912 bits per heavy atom. The molecule has 4 rings (SSSR count). The molecular weight excluding hydrogens is 430 g/mol. The molecule has 3 N–H and O–H groups in total. The van der Waals surface area contributed by atoms with E-state index >= 15 is 0 Å². The van der Waals surface area contributed by atoms with E-state index < -0.39 is 11.9 Å². The first-order valence-corrected chi connectivity index (χ1v) is 10.7. The predicted octanol–water partition coefficient (Wildman–Crippen LogP) is 4.82. The van der Waals surface area contributed by atoms with E-state index in [2.05, 4.69) is 4.98 Å². The highest BCUT2D eigenvalue weighted by molar-refractivity contribution is 5.80. The lowest BCUT2D eigenvalue weighted by Gasteiger charge is -2.20. The van der Waals surface area contributed by atoms with E-state index in [9.17, 15) is 9.90 Å². The summed E-state index contributed by atoms with van der Waals surface area (Å²) in [5.74, 6) is -0.269. The number of rotatable bonds is 8. The van der Waals surface area contributed by atoms with E-state index in [4.69, 9.17) is 20.2 Å². The summed E-state index contributed by atoms with van der Waals surface area (Å²) in [5.41, 5.74) is 9.74. The zero-order chi connectivity index (χ0) is 24.1. The van der Waals surface area contributed by atoms with E-state index in [0.29, 0.717) is 34.1 Å². The zero-order valence-electron chi connectivity index (χ0n) is 18.9. The van der Waals surface area contributed by atoms with Crippen molar-refractivity contribution in [3.63, 3.8) is 0 Å². The minimum atomic E-state index is -1.02. The topological polar surface area (TPSA) is 108 Å². The molecule has 7 heteroatoms. The third-order valence-corrected chi connectivity index (χ3v) is 5.64. The van der Waals surface area contributed by atoms with Gasteiger partial charge in [-0.1, -0.05) is 60.7 Å². The van der Waals surface area contributed by atoms with E-state index in [-0.39, 0.29) is 12.2 Å².